The van der Waals surface area contributed by atoms with Gasteiger partial charge < -0.3 is 5.32 Å². The van der Waals surface area contributed by atoms with Crippen LogP contribution in [0.3, 0.4) is 0 Å². The molecule has 144 valence electrons. The summed E-state index contributed by atoms with van der Waals surface area (Å²) in [4.78, 5) is 21.7. The van der Waals surface area contributed by atoms with Gasteiger partial charge in [-0.05, 0) is 37.1 Å². The molecule has 6 nitrogen and oxygen atoms in total. The molecule has 0 spiro atoms. The Morgan fingerprint density at radius 2 is 2.15 bits per heavy atom. The van der Waals surface area contributed by atoms with Crippen LogP contribution in [0.4, 0.5) is 9.93 Å². The van der Waals surface area contributed by atoms with Crippen molar-refractivity contribution in [2.24, 2.45) is 0 Å². The van der Waals surface area contributed by atoms with Crippen LogP contribution in [0.1, 0.15) is 24.1 Å². The number of rotatable bonds is 5. The van der Waals surface area contributed by atoms with Crippen LogP contribution in [0.2, 0.25) is 10.0 Å². The van der Waals surface area contributed by atoms with E-state index in [1.54, 1.807) is 12.1 Å². The van der Waals surface area contributed by atoms with Gasteiger partial charge in [-0.3, -0.25) is 15.1 Å². The number of aromatic nitrogens is 1. The third-order valence-corrected chi connectivity index (χ3v) is 6.55. The standard InChI is InChI=1S/C18H21Cl2N5OS/c19-14-4-3-12(8-15(14)20)9-21-17(26)23-18-22-13(11-27-18)10-25-7-6-24-5-1-2-16(24)25/h3-4,8,11,16H,1-2,5-7,9-10H2,(H2,21,22,23,26). The number of thiazole rings is 1. The molecule has 2 saturated heterocycles. The highest BCUT2D eigenvalue weighted by Crippen LogP contribution is 2.28. The van der Waals surface area contributed by atoms with E-state index in [1.165, 1.54) is 30.7 Å². The molecule has 1 atom stereocenters. The predicted molar refractivity (Wildman–Crippen MR) is 109 cm³/mol. The summed E-state index contributed by atoms with van der Waals surface area (Å²) in [6, 6.07) is 5.01. The lowest BCUT2D eigenvalue weighted by molar-refractivity contribution is 0.168. The minimum atomic E-state index is -0.287. The van der Waals surface area contributed by atoms with E-state index in [4.69, 9.17) is 23.2 Å². The Bertz CT molecular complexity index is 830. The SMILES string of the molecule is O=C(NCc1ccc(Cl)c(Cl)c1)Nc1nc(CN2CCN3CCCC32)cs1. The fourth-order valence-electron chi connectivity index (χ4n) is 3.69. The normalized spacial score (nSPS) is 20.0. The highest BCUT2D eigenvalue weighted by Gasteiger charge is 2.35. The molecule has 2 amide bonds. The molecule has 2 N–H and O–H groups in total. The number of urea groups is 1. The van der Waals surface area contributed by atoms with E-state index in [0.717, 1.165) is 30.9 Å². The van der Waals surface area contributed by atoms with Crippen molar-refractivity contribution in [3.05, 3.63) is 44.9 Å². The number of hydrogen-bond donors (Lipinski definition) is 2. The van der Waals surface area contributed by atoms with Gasteiger partial charge in [0.05, 0.1) is 21.9 Å². The number of amides is 2. The number of halogens is 2. The van der Waals surface area contributed by atoms with Gasteiger partial charge in [-0.2, -0.15) is 0 Å². The highest BCUT2D eigenvalue weighted by molar-refractivity contribution is 7.13. The Kier molecular flexibility index (Phi) is 5.85. The molecule has 1 aromatic carbocycles. The molecule has 2 fully saturated rings. The number of carbonyl (C=O) groups is 1. The van der Waals surface area contributed by atoms with Gasteiger partial charge in [-0.1, -0.05) is 29.3 Å². The number of benzene rings is 1. The van der Waals surface area contributed by atoms with Crippen molar-refractivity contribution in [1.29, 1.82) is 0 Å². The number of fused-ring (bicyclic) bond motifs is 1. The van der Waals surface area contributed by atoms with Crippen LogP contribution in [-0.4, -0.2) is 46.6 Å². The van der Waals surface area contributed by atoms with Crippen molar-refractivity contribution in [1.82, 2.24) is 20.1 Å². The zero-order valence-electron chi connectivity index (χ0n) is 14.8. The summed E-state index contributed by atoms with van der Waals surface area (Å²) in [5.41, 5.74) is 1.89. The summed E-state index contributed by atoms with van der Waals surface area (Å²) in [6.07, 6.45) is 3.09. The van der Waals surface area contributed by atoms with Crippen molar-refractivity contribution in [3.63, 3.8) is 0 Å². The third kappa shape index (κ3) is 4.55. The summed E-state index contributed by atoms with van der Waals surface area (Å²) < 4.78 is 0. The quantitative estimate of drug-likeness (QED) is 0.759. The first-order valence-corrected chi connectivity index (χ1v) is 10.6. The molecule has 0 aliphatic carbocycles. The topological polar surface area (TPSA) is 60.5 Å². The van der Waals surface area contributed by atoms with Crippen molar-refractivity contribution in [3.8, 4) is 0 Å². The summed E-state index contributed by atoms with van der Waals surface area (Å²) in [5, 5.41) is 9.21. The van der Waals surface area contributed by atoms with Crippen LogP contribution >= 0.6 is 34.5 Å². The van der Waals surface area contributed by atoms with E-state index in [9.17, 15) is 4.79 Å². The zero-order chi connectivity index (χ0) is 18.8. The number of carbonyl (C=O) groups excluding carboxylic acids is 1. The van der Waals surface area contributed by atoms with E-state index in [-0.39, 0.29) is 6.03 Å². The maximum Gasteiger partial charge on any atom is 0.321 e. The number of nitrogens with zero attached hydrogens (tertiary/aromatic N) is 3. The van der Waals surface area contributed by atoms with Gasteiger partial charge in [0.2, 0.25) is 0 Å². The van der Waals surface area contributed by atoms with E-state index < -0.39 is 0 Å². The van der Waals surface area contributed by atoms with Gasteiger partial charge in [-0.25, -0.2) is 9.78 Å². The van der Waals surface area contributed by atoms with E-state index in [1.807, 2.05) is 11.4 Å². The van der Waals surface area contributed by atoms with E-state index in [0.29, 0.717) is 27.9 Å². The Morgan fingerprint density at radius 3 is 3.00 bits per heavy atom. The Labute approximate surface area is 172 Å². The first kappa shape index (κ1) is 19.0. The summed E-state index contributed by atoms with van der Waals surface area (Å²) in [6.45, 7) is 4.66. The smallest absolute Gasteiger partial charge is 0.321 e. The number of nitrogens with one attached hydrogen (secondary N) is 2. The lowest BCUT2D eigenvalue weighted by Gasteiger charge is -2.23. The van der Waals surface area contributed by atoms with Gasteiger partial charge in [0.1, 0.15) is 0 Å². The Hall–Kier alpha value is -1.38. The van der Waals surface area contributed by atoms with Crippen LogP contribution in [-0.2, 0) is 13.1 Å². The van der Waals surface area contributed by atoms with Crippen LogP contribution in [0, 0.1) is 0 Å². The molecule has 1 unspecified atom stereocenters. The van der Waals surface area contributed by atoms with E-state index in [2.05, 4.69) is 25.4 Å². The lowest BCUT2D eigenvalue weighted by Crippen LogP contribution is -2.33. The molecule has 1 aromatic heterocycles. The molecule has 2 aromatic rings. The highest BCUT2D eigenvalue weighted by atomic mass is 35.5. The Balaban J connectivity index is 1.27. The lowest BCUT2D eigenvalue weighted by atomic mass is 10.2. The average Bonchev–Trinajstić information content (AvgIpc) is 3.35. The van der Waals surface area contributed by atoms with Crippen LogP contribution in [0.5, 0.6) is 0 Å². The minimum absolute atomic E-state index is 0.287. The van der Waals surface area contributed by atoms with Gasteiger partial charge in [0.15, 0.2) is 5.13 Å². The second-order valence-corrected chi connectivity index (χ2v) is 8.50. The molecule has 0 bridgehead atoms. The molecule has 0 radical (unpaired) electrons. The fraction of sp³-hybridized carbons (Fsp3) is 0.444. The van der Waals surface area contributed by atoms with Crippen LogP contribution in [0.15, 0.2) is 23.6 Å². The minimum Gasteiger partial charge on any atom is -0.334 e. The van der Waals surface area contributed by atoms with Crippen LogP contribution in [0.25, 0.3) is 0 Å². The second kappa shape index (κ2) is 8.32. The average molecular weight is 426 g/mol. The molecule has 2 aliphatic heterocycles. The van der Waals surface area contributed by atoms with Gasteiger partial charge >= 0.3 is 6.03 Å². The van der Waals surface area contributed by atoms with Gasteiger partial charge in [0.25, 0.3) is 0 Å². The largest absolute Gasteiger partial charge is 0.334 e. The zero-order valence-corrected chi connectivity index (χ0v) is 17.1. The maximum absolute atomic E-state index is 12.1. The monoisotopic (exact) mass is 425 g/mol. The molecular formula is C18H21Cl2N5OS. The third-order valence-electron chi connectivity index (χ3n) is 5.00. The van der Waals surface area contributed by atoms with Crippen molar-refractivity contribution in [2.45, 2.75) is 32.1 Å². The molecular weight excluding hydrogens is 405 g/mol. The first-order chi connectivity index (χ1) is 13.1. The first-order valence-electron chi connectivity index (χ1n) is 9.00. The van der Waals surface area contributed by atoms with Crippen molar-refractivity contribution < 1.29 is 4.79 Å². The van der Waals surface area contributed by atoms with Gasteiger partial charge in [-0.15, -0.1) is 11.3 Å². The molecule has 0 saturated carbocycles. The van der Waals surface area contributed by atoms with Crippen molar-refractivity contribution >= 4 is 45.7 Å². The summed E-state index contributed by atoms with van der Waals surface area (Å²) in [5.74, 6) is 0. The summed E-state index contributed by atoms with van der Waals surface area (Å²) in [7, 11) is 0. The summed E-state index contributed by atoms with van der Waals surface area (Å²) >= 11 is 13.3. The number of hydrogen-bond acceptors (Lipinski definition) is 5. The Morgan fingerprint density at radius 1 is 1.26 bits per heavy atom. The number of anilines is 1. The van der Waals surface area contributed by atoms with E-state index >= 15 is 0 Å². The molecule has 27 heavy (non-hydrogen) atoms. The van der Waals surface area contributed by atoms with Crippen LogP contribution < -0.4 is 10.6 Å². The molecule has 4 rings (SSSR count). The molecule has 9 heteroatoms. The predicted octanol–water partition coefficient (Wildman–Crippen LogP) is 4.01. The van der Waals surface area contributed by atoms with Crippen molar-refractivity contribution in [2.75, 3.05) is 25.0 Å². The maximum atomic E-state index is 12.1. The fourth-order valence-corrected chi connectivity index (χ4v) is 4.71. The van der Waals surface area contributed by atoms with Gasteiger partial charge in [0, 0.05) is 31.6 Å². The second-order valence-electron chi connectivity index (χ2n) is 6.83. The molecule has 2 aliphatic rings. The molecule has 3 heterocycles.